The summed E-state index contributed by atoms with van der Waals surface area (Å²) >= 11 is 0. The Balaban J connectivity index is 2.26. The van der Waals surface area contributed by atoms with E-state index in [9.17, 15) is 9.59 Å². The van der Waals surface area contributed by atoms with Crippen LogP contribution in [0, 0.1) is 0 Å². The molecule has 1 heterocycles. The highest BCUT2D eigenvalue weighted by Gasteiger charge is 2.28. The maximum atomic E-state index is 11.4. The topological polar surface area (TPSA) is 85.3 Å². The van der Waals surface area contributed by atoms with Crippen LogP contribution in [-0.4, -0.2) is 53.7 Å². The van der Waals surface area contributed by atoms with Crippen molar-refractivity contribution in [3.63, 3.8) is 0 Å². The van der Waals surface area contributed by atoms with Gasteiger partial charge in [-0.25, -0.2) is 9.59 Å². The molecule has 1 aliphatic heterocycles. The lowest BCUT2D eigenvalue weighted by molar-refractivity contribution is -0.148. The molecule has 0 saturated carbocycles. The van der Waals surface area contributed by atoms with Gasteiger partial charge in [-0.2, -0.15) is 0 Å². The zero-order chi connectivity index (χ0) is 13.8. The molecular formula is C11H19NO6. The van der Waals surface area contributed by atoms with E-state index in [-0.39, 0.29) is 12.7 Å². The molecule has 0 amide bonds. The van der Waals surface area contributed by atoms with Crippen molar-refractivity contribution in [3.8, 4) is 0 Å². The van der Waals surface area contributed by atoms with E-state index in [1.165, 1.54) is 5.06 Å². The van der Waals surface area contributed by atoms with Crippen LogP contribution in [-0.2, 0) is 19.1 Å². The van der Waals surface area contributed by atoms with E-state index < -0.39 is 17.7 Å². The molecule has 0 radical (unpaired) electrons. The monoisotopic (exact) mass is 261 g/mol. The Morgan fingerprint density at radius 2 is 2.06 bits per heavy atom. The summed E-state index contributed by atoms with van der Waals surface area (Å²) in [6.07, 6.45) is -0.374. The first-order valence-corrected chi connectivity index (χ1v) is 5.75. The van der Waals surface area contributed by atoms with Gasteiger partial charge in [0.05, 0.1) is 12.6 Å². The molecule has 0 bridgehead atoms. The van der Waals surface area contributed by atoms with Crippen molar-refractivity contribution in [2.45, 2.75) is 38.9 Å². The molecular weight excluding hydrogens is 242 g/mol. The van der Waals surface area contributed by atoms with Gasteiger partial charge in [-0.3, -0.25) is 0 Å². The Hall–Kier alpha value is -1.34. The molecule has 0 aromatic carbocycles. The summed E-state index contributed by atoms with van der Waals surface area (Å²) in [7, 11) is 0. The normalized spacial score (nSPS) is 20.7. The highest BCUT2D eigenvalue weighted by Crippen LogP contribution is 2.15. The molecule has 1 atom stereocenters. The van der Waals surface area contributed by atoms with Gasteiger partial charge in [0.25, 0.3) is 0 Å². The van der Waals surface area contributed by atoms with Crippen LogP contribution in [0.5, 0.6) is 0 Å². The van der Waals surface area contributed by atoms with Crippen molar-refractivity contribution in [2.24, 2.45) is 0 Å². The van der Waals surface area contributed by atoms with Gasteiger partial charge in [0, 0.05) is 6.54 Å². The molecule has 18 heavy (non-hydrogen) atoms. The molecule has 104 valence electrons. The van der Waals surface area contributed by atoms with E-state index in [0.29, 0.717) is 19.5 Å². The third kappa shape index (κ3) is 5.83. The van der Waals surface area contributed by atoms with Gasteiger partial charge in [-0.15, -0.1) is 5.06 Å². The summed E-state index contributed by atoms with van der Waals surface area (Å²) in [5, 5.41) is 9.89. The summed E-state index contributed by atoms with van der Waals surface area (Å²) < 4.78 is 10.1. The van der Waals surface area contributed by atoms with Gasteiger partial charge >= 0.3 is 12.1 Å². The summed E-state index contributed by atoms with van der Waals surface area (Å²) in [6, 6.07) is 0. The number of hydrogen-bond donors (Lipinski definition) is 1. The second kappa shape index (κ2) is 6.01. The number of nitrogens with zero attached hydrogens (tertiary/aromatic N) is 1. The molecule has 0 unspecified atom stereocenters. The van der Waals surface area contributed by atoms with Gasteiger partial charge in [0.15, 0.2) is 0 Å². The van der Waals surface area contributed by atoms with Crippen LogP contribution in [0.15, 0.2) is 0 Å². The van der Waals surface area contributed by atoms with Gasteiger partial charge in [-0.1, -0.05) is 0 Å². The molecule has 1 fully saturated rings. The average molecular weight is 261 g/mol. The van der Waals surface area contributed by atoms with Crippen molar-refractivity contribution in [1.82, 2.24) is 5.06 Å². The number of carboxylic acid groups (broad SMARTS) is 1. The number of ether oxygens (including phenoxy) is 2. The van der Waals surface area contributed by atoms with Crippen LogP contribution in [0.4, 0.5) is 4.79 Å². The minimum Gasteiger partial charge on any atom is -0.480 e. The lowest BCUT2D eigenvalue weighted by Gasteiger charge is -2.21. The number of carboxylic acids is 1. The highest BCUT2D eigenvalue weighted by molar-refractivity contribution is 5.68. The number of aliphatic carboxylic acids is 1. The standard InChI is InChI=1S/C11H19NO6/c1-11(2,3)17-10(15)18-12-5-4-8(6-12)16-7-9(13)14/h8H,4-7H2,1-3H3,(H,13,14)/t8-/m1/s1. The maximum Gasteiger partial charge on any atom is 0.528 e. The first kappa shape index (κ1) is 14.7. The molecule has 1 rings (SSSR count). The third-order valence-electron chi connectivity index (χ3n) is 2.14. The Labute approximate surface area is 106 Å². The Morgan fingerprint density at radius 3 is 2.61 bits per heavy atom. The minimum atomic E-state index is -1.01. The largest absolute Gasteiger partial charge is 0.528 e. The first-order chi connectivity index (χ1) is 8.26. The molecule has 0 aromatic rings. The SMILES string of the molecule is CC(C)(C)OC(=O)ON1CC[C@@H](OCC(=O)O)C1. The second-order valence-electron chi connectivity index (χ2n) is 5.06. The lowest BCUT2D eigenvalue weighted by atomic mass is 10.2. The van der Waals surface area contributed by atoms with Crippen molar-refractivity contribution >= 4 is 12.1 Å². The van der Waals surface area contributed by atoms with Crippen LogP contribution in [0.1, 0.15) is 27.2 Å². The summed E-state index contributed by atoms with van der Waals surface area (Å²) in [5.74, 6) is -1.01. The number of hydrogen-bond acceptors (Lipinski definition) is 6. The van der Waals surface area contributed by atoms with Crippen molar-refractivity contribution in [2.75, 3.05) is 19.7 Å². The summed E-state index contributed by atoms with van der Waals surface area (Å²) in [4.78, 5) is 26.7. The van der Waals surface area contributed by atoms with E-state index in [0.717, 1.165) is 0 Å². The first-order valence-electron chi connectivity index (χ1n) is 5.75. The number of hydroxylamine groups is 2. The van der Waals surface area contributed by atoms with Crippen molar-refractivity contribution in [1.29, 1.82) is 0 Å². The van der Waals surface area contributed by atoms with Crippen LogP contribution < -0.4 is 0 Å². The van der Waals surface area contributed by atoms with Crippen LogP contribution in [0.2, 0.25) is 0 Å². The van der Waals surface area contributed by atoms with Crippen molar-refractivity contribution < 1.29 is 29.0 Å². The van der Waals surface area contributed by atoms with E-state index in [1.54, 1.807) is 20.8 Å². The Kier molecular flexibility index (Phi) is 4.92. The number of rotatable bonds is 4. The zero-order valence-corrected chi connectivity index (χ0v) is 10.8. The maximum absolute atomic E-state index is 11.4. The van der Waals surface area contributed by atoms with Crippen LogP contribution in [0.3, 0.4) is 0 Å². The number of carbonyl (C=O) groups is 2. The zero-order valence-electron chi connectivity index (χ0n) is 10.8. The van der Waals surface area contributed by atoms with Gasteiger partial charge in [0.1, 0.15) is 12.2 Å². The molecule has 1 N–H and O–H groups in total. The van der Waals surface area contributed by atoms with E-state index in [4.69, 9.17) is 19.4 Å². The molecule has 1 aliphatic rings. The van der Waals surface area contributed by atoms with Crippen LogP contribution in [0.25, 0.3) is 0 Å². The fourth-order valence-corrected chi connectivity index (χ4v) is 1.48. The fourth-order valence-electron chi connectivity index (χ4n) is 1.48. The molecule has 1 saturated heterocycles. The number of carbonyl (C=O) groups excluding carboxylic acids is 1. The Morgan fingerprint density at radius 1 is 1.39 bits per heavy atom. The predicted molar refractivity (Wildman–Crippen MR) is 60.9 cm³/mol. The van der Waals surface area contributed by atoms with Crippen LogP contribution >= 0.6 is 0 Å². The highest BCUT2D eigenvalue weighted by atomic mass is 16.8. The molecule has 7 nitrogen and oxygen atoms in total. The average Bonchev–Trinajstić information content (AvgIpc) is 2.59. The molecule has 0 aromatic heterocycles. The fraction of sp³-hybridized carbons (Fsp3) is 0.818. The van der Waals surface area contributed by atoms with Gasteiger partial charge in [0.2, 0.25) is 0 Å². The van der Waals surface area contributed by atoms with E-state index >= 15 is 0 Å². The quantitative estimate of drug-likeness (QED) is 0.756. The van der Waals surface area contributed by atoms with E-state index in [1.807, 2.05) is 0 Å². The predicted octanol–water partition coefficient (Wildman–Crippen LogP) is 1.03. The minimum absolute atomic E-state index is 0.233. The smallest absolute Gasteiger partial charge is 0.480 e. The van der Waals surface area contributed by atoms with Crippen molar-refractivity contribution in [3.05, 3.63) is 0 Å². The van der Waals surface area contributed by atoms with E-state index in [2.05, 4.69) is 0 Å². The summed E-state index contributed by atoms with van der Waals surface area (Å²) in [5.41, 5.74) is -0.601. The molecule has 0 aliphatic carbocycles. The second-order valence-corrected chi connectivity index (χ2v) is 5.06. The lowest BCUT2D eigenvalue weighted by Crippen LogP contribution is -2.31. The summed E-state index contributed by atoms with van der Waals surface area (Å²) in [6.45, 7) is 5.76. The molecule has 0 spiro atoms. The van der Waals surface area contributed by atoms with Gasteiger partial charge in [-0.05, 0) is 27.2 Å². The van der Waals surface area contributed by atoms with Gasteiger partial charge < -0.3 is 19.4 Å². The molecule has 7 heteroatoms. The Bertz CT molecular complexity index is 311. The third-order valence-corrected chi connectivity index (χ3v) is 2.14.